The minimum absolute atomic E-state index is 0.00667. The van der Waals surface area contributed by atoms with Crippen molar-refractivity contribution in [1.82, 2.24) is 15.3 Å². The number of aryl methyl sites for hydroxylation is 1. The lowest BCUT2D eigenvalue weighted by molar-refractivity contribution is -0.121. The molecule has 5 heteroatoms. The van der Waals surface area contributed by atoms with E-state index >= 15 is 0 Å². The molecular weight excluding hydrogens is 206 g/mol. The lowest BCUT2D eigenvalue weighted by atomic mass is 10.2. The van der Waals surface area contributed by atoms with E-state index in [1.54, 1.807) is 18.7 Å². The molecule has 0 radical (unpaired) electrons. The summed E-state index contributed by atoms with van der Waals surface area (Å²) in [6, 6.07) is 3.68. The maximum absolute atomic E-state index is 11.4. The number of hydrogen-bond donors (Lipinski definition) is 2. The molecule has 0 atom stereocenters. The SMILES string of the molecule is O=C(CCc1ccco1)NCc1ncc[nH]1. The largest absolute Gasteiger partial charge is 0.469 e. The second-order valence-electron chi connectivity index (χ2n) is 3.39. The van der Waals surface area contributed by atoms with Gasteiger partial charge in [-0.25, -0.2) is 4.98 Å². The van der Waals surface area contributed by atoms with Crippen LogP contribution in [0.25, 0.3) is 0 Å². The summed E-state index contributed by atoms with van der Waals surface area (Å²) in [5.74, 6) is 1.58. The second kappa shape index (κ2) is 5.16. The molecule has 2 heterocycles. The van der Waals surface area contributed by atoms with Gasteiger partial charge >= 0.3 is 0 Å². The quantitative estimate of drug-likeness (QED) is 0.795. The van der Waals surface area contributed by atoms with Crippen molar-refractivity contribution in [3.8, 4) is 0 Å². The molecule has 0 fully saturated rings. The minimum atomic E-state index is -0.00667. The Morgan fingerprint density at radius 1 is 1.56 bits per heavy atom. The zero-order chi connectivity index (χ0) is 11.2. The molecule has 0 aromatic carbocycles. The molecule has 0 bridgehead atoms. The number of imidazole rings is 1. The highest BCUT2D eigenvalue weighted by Crippen LogP contribution is 2.03. The Balaban J connectivity index is 1.69. The number of aromatic amines is 1. The van der Waals surface area contributed by atoms with Crippen LogP contribution < -0.4 is 5.32 Å². The summed E-state index contributed by atoms with van der Waals surface area (Å²) in [7, 11) is 0. The van der Waals surface area contributed by atoms with Gasteiger partial charge in [-0.2, -0.15) is 0 Å². The highest BCUT2D eigenvalue weighted by Gasteiger charge is 2.04. The van der Waals surface area contributed by atoms with Gasteiger partial charge in [0.15, 0.2) is 0 Å². The molecule has 2 rings (SSSR count). The second-order valence-corrected chi connectivity index (χ2v) is 3.39. The predicted octanol–water partition coefficient (Wildman–Crippen LogP) is 1.25. The van der Waals surface area contributed by atoms with Crippen molar-refractivity contribution in [1.29, 1.82) is 0 Å². The molecule has 2 aromatic rings. The Bertz CT molecular complexity index is 380. The number of nitrogens with zero attached hydrogens (tertiary/aromatic N) is 1. The van der Waals surface area contributed by atoms with Gasteiger partial charge in [-0.3, -0.25) is 4.79 Å². The first-order valence-electron chi connectivity index (χ1n) is 5.12. The molecule has 16 heavy (non-hydrogen) atoms. The Morgan fingerprint density at radius 3 is 3.19 bits per heavy atom. The summed E-state index contributed by atoms with van der Waals surface area (Å²) in [6.45, 7) is 0.435. The van der Waals surface area contributed by atoms with Crippen LogP contribution in [0.15, 0.2) is 35.2 Å². The summed E-state index contributed by atoms with van der Waals surface area (Å²) in [6.07, 6.45) is 6.04. The summed E-state index contributed by atoms with van der Waals surface area (Å²) >= 11 is 0. The fraction of sp³-hybridized carbons (Fsp3) is 0.273. The Morgan fingerprint density at radius 2 is 2.50 bits per heavy atom. The summed E-state index contributed by atoms with van der Waals surface area (Å²) in [5, 5.41) is 2.77. The van der Waals surface area contributed by atoms with E-state index in [0.29, 0.717) is 19.4 Å². The van der Waals surface area contributed by atoms with E-state index in [0.717, 1.165) is 11.6 Å². The molecule has 0 aliphatic carbocycles. The van der Waals surface area contributed by atoms with Gasteiger partial charge in [0.05, 0.1) is 12.8 Å². The van der Waals surface area contributed by atoms with Crippen molar-refractivity contribution in [2.75, 3.05) is 0 Å². The van der Waals surface area contributed by atoms with E-state index in [-0.39, 0.29) is 5.91 Å². The zero-order valence-electron chi connectivity index (χ0n) is 8.77. The van der Waals surface area contributed by atoms with Crippen molar-refractivity contribution in [2.45, 2.75) is 19.4 Å². The maximum Gasteiger partial charge on any atom is 0.220 e. The molecule has 0 saturated heterocycles. The highest BCUT2D eigenvalue weighted by molar-refractivity contribution is 5.75. The first-order valence-corrected chi connectivity index (χ1v) is 5.12. The van der Waals surface area contributed by atoms with Gasteiger partial charge < -0.3 is 14.7 Å². The molecule has 0 unspecified atom stereocenters. The number of H-pyrrole nitrogens is 1. The standard InChI is InChI=1S/C11H13N3O2/c15-11(4-3-9-2-1-7-16-9)14-8-10-12-5-6-13-10/h1-2,5-7H,3-4,8H2,(H,12,13)(H,14,15). The van der Waals surface area contributed by atoms with Crippen LogP contribution in [0, 0.1) is 0 Å². The normalized spacial score (nSPS) is 10.2. The van der Waals surface area contributed by atoms with Gasteiger partial charge in [-0.1, -0.05) is 0 Å². The molecule has 84 valence electrons. The molecule has 0 aliphatic rings. The summed E-state index contributed by atoms with van der Waals surface area (Å²) in [4.78, 5) is 18.4. The van der Waals surface area contributed by atoms with Crippen molar-refractivity contribution < 1.29 is 9.21 Å². The summed E-state index contributed by atoms with van der Waals surface area (Å²) in [5.41, 5.74) is 0. The van der Waals surface area contributed by atoms with E-state index in [1.807, 2.05) is 12.1 Å². The third-order valence-electron chi connectivity index (χ3n) is 2.19. The van der Waals surface area contributed by atoms with Crippen LogP contribution in [0.1, 0.15) is 18.0 Å². The molecular formula is C11H13N3O2. The Hall–Kier alpha value is -2.04. The average Bonchev–Trinajstić information content (AvgIpc) is 2.96. The van der Waals surface area contributed by atoms with E-state index in [1.165, 1.54) is 0 Å². The molecule has 0 spiro atoms. The van der Waals surface area contributed by atoms with E-state index < -0.39 is 0 Å². The van der Waals surface area contributed by atoms with E-state index in [9.17, 15) is 4.79 Å². The molecule has 5 nitrogen and oxygen atoms in total. The fourth-order valence-electron chi connectivity index (χ4n) is 1.36. The van der Waals surface area contributed by atoms with Crippen LogP contribution in [-0.2, 0) is 17.8 Å². The smallest absolute Gasteiger partial charge is 0.220 e. The number of nitrogens with one attached hydrogen (secondary N) is 2. The third kappa shape index (κ3) is 2.98. The molecule has 1 amide bonds. The van der Waals surface area contributed by atoms with Gasteiger partial charge in [-0.05, 0) is 12.1 Å². The van der Waals surface area contributed by atoms with Crippen LogP contribution in [0.3, 0.4) is 0 Å². The van der Waals surface area contributed by atoms with Crippen molar-refractivity contribution in [3.05, 3.63) is 42.4 Å². The lowest BCUT2D eigenvalue weighted by Crippen LogP contribution is -2.23. The minimum Gasteiger partial charge on any atom is -0.469 e. The van der Waals surface area contributed by atoms with Gasteiger partial charge in [0.2, 0.25) is 5.91 Å². The lowest BCUT2D eigenvalue weighted by Gasteiger charge is -2.01. The first-order chi connectivity index (χ1) is 7.84. The fourth-order valence-corrected chi connectivity index (χ4v) is 1.36. The Kier molecular flexibility index (Phi) is 3.38. The maximum atomic E-state index is 11.4. The van der Waals surface area contributed by atoms with E-state index in [2.05, 4.69) is 15.3 Å². The van der Waals surface area contributed by atoms with Gasteiger partial charge in [0.25, 0.3) is 0 Å². The van der Waals surface area contributed by atoms with Crippen LogP contribution in [0.5, 0.6) is 0 Å². The predicted molar refractivity (Wildman–Crippen MR) is 57.5 cm³/mol. The van der Waals surface area contributed by atoms with Crippen molar-refractivity contribution in [2.24, 2.45) is 0 Å². The number of amides is 1. The van der Waals surface area contributed by atoms with Crippen molar-refractivity contribution >= 4 is 5.91 Å². The number of carbonyl (C=O) groups excluding carboxylic acids is 1. The topological polar surface area (TPSA) is 70.9 Å². The summed E-state index contributed by atoms with van der Waals surface area (Å²) < 4.78 is 5.14. The van der Waals surface area contributed by atoms with E-state index in [4.69, 9.17) is 4.42 Å². The molecule has 0 aliphatic heterocycles. The number of hydrogen-bond acceptors (Lipinski definition) is 3. The third-order valence-corrected chi connectivity index (χ3v) is 2.19. The van der Waals surface area contributed by atoms with Crippen LogP contribution in [0.4, 0.5) is 0 Å². The zero-order valence-corrected chi connectivity index (χ0v) is 8.77. The van der Waals surface area contributed by atoms with Gasteiger partial charge in [-0.15, -0.1) is 0 Å². The van der Waals surface area contributed by atoms with Gasteiger partial charge in [0, 0.05) is 25.2 Å². The first kappa shape index (κ1) is 10.5. The number of furan rings is 1. The highest BCUT2D eigenvalue weighted by atomic mass is 16.3. The van der Waals surface area contributed by atoms with Crippen LogP contribution in [0.2, 0.25) is 0 Å². The number of rotatable bonds is 5. The number of carbonyl (C=O) groups is 1. The molecule has 2 aromatic heterocycles. The van der Waals surface area contributed by atoms with Crippen LogP contribution in [-0.4, -0.2) is 15.9 Å². The number of aromatic nitrogens is 2. The Labute approximate surface area is 92.9 Å². The van der Waals surface area contributed by atoms with Crippen molar-refractivity contribution in [3.63, 3.8) is 0 Å². The van der Waals surface area contributed by atoms with Crippen LogP contribution >= 0.6 is 0 Å². The van der Waals surface area contributed by atoms with Gasteiger partial charge in [0.1, 0.15) is 11.6 Å². The molecule has 2 N–H and O–H groups in total. The molecule has 0 saturated carbocycles. The average molecular weight is 219 g/mol. The monoisotopic (exact) mass is 219 g/mol.